The summed E-state index contributed by atoms with van der Waals surface area (Å²) in [5.74, 6) is -1.19. The first-order chi connectivity index (χ1) is 9.51. The molecule has 0 aromatic heterocycles. The Morgan fingerprint density at radius 1 is 1.30 bits per heavy atom. The van der Waals surface area contributed by atoms with Crippen molar-refractivity contribution in [2.24, 2.45) is 11.8 Å². The van der Waals surface area contributed by atoms with Crippen molar-refractivity contribution in [2.75, 3.05) is 33.3 Å². The van der Waals surface area contributed by atoms with E-state index in [0.717, 1.165) is 12.8 Å². The Balaban J connectivity index is 1.93. The topological polar surface area (TPSA) is 87.2 Å². The van der Waals surface area contributed by atoms with Gasteiger partial charge in [-0.2, -0.15) is 0 Å². The van der Waals surface area contributed by atoms with Gasteiger partial charge < -0.3 is 19.6 Å². The second-order valence-electron chi connectivity index (χ2n) is 5.45. The third-order valence-corrected chi connectivity index (χ3v) is 3.77. The van der Waals surface area contributed by atoms with Gasteiger partial charge in [0.25, 0.3) is 0 Å². The van der Waals surface area contributed by atoms with E-state index in [9.17, 15) is 14.4 Å². The minimum Gasteiger partial charge on any atom is -0.480 e. The summed E-state index contributed by atoms with van der Waals surface area (Å²) in [6, 6.07) is -0.286. The predicted octanol–water partition coefficient (Wildman–Crippen LogP) is 0.398. The average Bonchev–Trinajstić information content (AvgIpc) is 3.09. The first-order valence-electron chi connectivity index (χ1n) is 6.84. The Morgan fingerprint density at radius 3 is 2.55 bits per heavy atom. The zero-order valence-corrected chi connectivity index (χ0v) is 11.6. The molecule has 112 valence electrons. The van der Waals surface area contributed by atoms with E-state index in [1.54, 1.807) is 4.90 Å². The molecule has 1 heterocycles. The first-order valence-corrected chi connectivity index (χ1v) is 6.84. The number of carbonyl (C=O) groups is 3. The van der Waals surface area contributed by atoms with Gasteiger partial charge in [0.2, 0.25) is 0 Å². The normalized spacial score (nSPS) is 21.6. The van der Waals surface area contributed by atoms with Gasteiger partial charge in [-0.1, -0.05) is 0 Å². The van der Waals surface area contributed by atoms with Gasteiger partial charge in [-0.3, -0.25) is 9.59 Å². The number of hydrogen-bond acceptors (Lipinski definition) is 4. The van der Waals surface area contributed by atoms with Gasteiger partial charge in [0.05, 0.1) is 13.0 Å². The van der Waals surface area contributed by atoms with E-state index in [4.69, 9.17) is 5.11 Å². The number of amides is 2. The number of esters is 1. The molecule has 1 unspecified atom stereocenters. The van der Waals surface area contributed by atoms with Crippen LogP contribution in [0.25, 0.3) is 0 Å². The number of rotatable bonds is 5. The van der Waals surface area contributed by atoms with Crippen LogP contribution in [0.1, 0.15) is 19.3 Å². The quantitative estimate of drug-likeness (QED) is 0.738. The molecule has 2 rings (SSSR count). The molecule has 0 aromatic rings. The Labute approximate surface area is 117 Å². The molecule has 1 aliphatic heterocycles. The molecule has 1 aliphatic carbocycles. The molecule has 1 atom stereocenters. The first kappa shape index (κ1) is 14.6. The number of aliphatic carboxylic acids is 1. The van der Waals surface area contributed by atoms with Gasteiger partial charge in [0.1, 0.15) is 6.54 Å². The Kier molecular flexibility index (Phi) is 4.46. The molecule has 7 heteroatoms. The Bertz CT molecular complexity index is 408. The van der Waals surface area contributed by atoms with Crippen LogP contribution in [0.3, 0.4) is 0 Å². The number of carboxylic acid groups (broad SMARTS) is 1. The zero-order chi connectivity index (χ0) is 14.7. The van der Waals surface area contributed by atoms with E-state index in [2.05, 4.69) is 4.74 Å². The van der Waals surface area contributed by atoms with Gasteiger partial charge in [0, 0.05) is 19.6 Å². The molecule has 7 nitrogen and oxygen atoms in total. The van der Waals surface area contributed by atoms with Crippen molar-refractivity contribution in [3.63, 3.8) is 0 Å². The molecule has 1 N–H and O–H groups in total. The largest absolute Gasteiger partial charge is 0.480 e. The summed E-state index contributed by atoms with van der Waals surface area (Å²) >= 11 is 0. The number of likely N-dealkylation sites (tertiary alicyclic amines) is 1. The maximum Gasteiger partial charge on any atom is 0.323 e. The number of carbonyl (C=O) groups excluding carboxylic acids is 2. The highest BCUT2D eigenvalue weighted by Crippen LogP contribution is 2.30. The number of urea groups is 1. The molecule has 0 aromatic carbocycles. The smallest absolute Gasteiger partial charge is 0.323 e. The highest BCUT2D eigenvalue weighted by Gasteiger charge is 2.36. The SMILES string of the molecule is COC(=O)C1CCN(C(=O)N(CC(=O)O)CC2CC2)C1. The molecule has 2 fully saturated rings. The summed E-state index contributed by atoms with van der Waals surface area (Å²) in [6.07, 6.45) is 2.67. The standard InChI is InChI=1S/C13H20N2O5/c1-20-12(18)10-4-5-14(7-10)13(19)15(8-11(16)17)6-9-2-3-9/h9-10H,2-8H2,1H3,(H,16,17). The van der Waals surface area contributed by atoms with Crippen molar-refractivity contribution in [2.45, 2.75) is 19.3 Å². The van der Waals surface area contributed by atoms with Crippen LogP contribution in [-0.2, 0) is 14.3 Å². The lowest BCUT2D eigenvalue weighted by Gasteiger charge is -2.26. The maximum absolute atomic E-state index is 12.3. The summed E-state index contributed by atoms with van der Waals surface area (Å²) in [4.78, 5) is 37.6. The fourth-order valence-corrected chi connectivity index (χ4v) is 2.48. The van der Waals surface area contributed by atoms with Crippen molar-refractivity contribution in [3.8, 4) is 0 Å². The fourth-order valence-electron chi connectivity index (χ4n) is 2.48. The monoisotopic (exact) mass is 284 g/mol. The van der Waals surface area contributed by atoms with Crippen LogP contribution in [0.5, 0.6) is 0 Å². The third-order valence-electron chi connectivity index (χ3n) is 3.77. The highest BCUT2D eigenvalue weighted by molar-refractivity contribution is 5.81. The lowest BCUT2D eigenvalue weighted by Crippen LogP contribution is -2.45. The molecule has 0 radical (unpaired) electrons. The average molecular weight is 284 g/mol. The van der Waals surface area contributed by atoms with Crippen LogP contribution in [0.15, 0.2) is 0 Å². The van der Waals surface area contributed by atoms with Gasteiger partial charge >= 0.3 is 18.0 Å². The van der Waals surface area contributed by atoms with E-state index in [1.807, 2.05) is 0 Å². The maximum atomic E-state index is 12.3. The summed E-state index contributed by atoms with van der Waals surface area (Å²) in [6.45, 7) is 0.991. The van der Waals surface area contributed by atoms with Crippen molar-refractivity contribution < 1.29 is 24.2 Å². The van der Waals surface area contributed by atoms with Crippen LogP contribution in [0.4, 0.5) is 4.79 Å². The van der Waals surface area contributed by atoms with Crippen molar-refractivity contribution in [1.82, 2.24) is 9.80 Å². The fraction of sp³-hybridized carbons (Fsp3) is 0.769. The van der Waals surface area contributed by atoms with E-state index in [1.165, 1.54) is 12.0 Å². The van der Waals surface area contributed by atoms with Crippen molar-refractivity contribution >= 4 is 18.0 Å². The molecule has 2 amide bonds. The lowest BCUT2D eigenvalue weighted by molar-refractivity contribution is -0.145. The second kappa shape index (κ2) is 6.11. The number of carboxylic acids is 1. The molecular formula is C13H20N2O5. The molecule has 1 saturated heterocycles. The number of methoxy groups -OCH3 is 1. The third kappa shape index (κ3) is 3.61. The Morgan fingerprint density at radius 2 is 2.00 bits per heavy atom. The lowest BCUT2D eigenvalue weighted by atomic mass is 10.1. The van der Waals surface area contributed by atoms with Crippen molar-refractivity contribution in [1.29, 1.82) is 0 Å². The zero-order valence-electron chi connectivity index (χ0n) is 11.6. The van der Waals surface area contributed by atoms with Gasteiger partial charge in [-0.05, 0) is 25.2 Å². The minimum absolute atomic E-state index is 0.283. The summed E-state index contributed by atoms with van der Waals surface area (Å²) in [5, 5.41) is 8.90. The van der Waals surface area contributed by atoms with E-state index in [-0.39, 0.29) is 24.5 Å². The van der Waals surface area contributed by atoms with E-state index >= 15 is 0 Å². The number of hydrogen-bond donors (Lipinski definition) is 1. The Hall–Kier alpha value is -1.79. The van der Waals surface area contributed by atoms with Gasteiger partial charge in [-0.15, -0.1) is 0 Å². The minimum atomic E-state index is -1.01. The predicted molar refractivity (Wildman–Crippen MR) is 69.0 cm³/mol. The van der Waals surface area contributed by atoms with Crippen LogP contribution < -0.4 is 0 Å². The van der Waals surface area contributed by atoms with E-state index in [0.29, 0.717) is 32.0 Å². The van der Waals surface area contributed by atoms with Crippen LogP contribution in [-0.4, -0.2) is 66.2 Å². The highest BCUT2D eigenvalue weighted by atomic mass is 16.5. The van der Waals surface area contributed by atoms with E-state index < -0.39 is 5.97 Å². The van der Waals surface area contributed by atoms with Crippen LogP contribution >= 0.6 is 0 Å². The summed E-state index contributed by atoms with van der Waals surface area (Å²) < 4.78 is 4.68. The van der Waals surface area contributed by atoms with Crippen molar-refractivity contribution in [3.05, 3.63) is 0 Å². The van der Waals surface area contributed by atoms with Crippen LogP contribution in [0.2, 0.25) is 0 Å². The molecule has 20 heavy (non-hydrogen) atoms. The molecule has 1 saturated carbocycles. The number of ether oxygens (including phenoxy) is 1. The van der Waals surface area contributed by atoms with Gasteiger partial charge in [0.15, 0.2) is 0 Å². The van der Waals surface area contributed by atoms with Crippen LogP contribution in [0, 0.1) is 11.8 Å². The summed E-state index contributed by atoms with van der Waals surface area (Å²) in [5.41, 5.74) is 0. The summed E-state index contributed by atoms with van der Waals surface area (Å²) in [7, 11) is 1.33. The molecule has 0 bridgehead atoms. The number of nitrogens with zero attached hydrogens (tertiary/aromatic N) is 2. The molecule has 2 aliphatic rings. The molecule has 0 spiro atoms. The molecular weight excluding hydrogens is 264 g/mol. The van der Waals surface area contributed by atoms with Gasteiger partial charge in [-0.25, -0.2) is 4.79 Å². The second-order valence-corrected chi connectivity index (χ2v) is 5.45.